The van der Waals surface area contributed by atoms with Crippen molar-refractivity contribution in [2.75, 3.05) is 19.6 Å². The molecule has 1 unspecified atom stereocenters. The molecule has 0 bridgehead atoms. The van der Waals surface area contributed by atoms with Crippen LogP contribution in [-0.2, 0) is 22.4 Å². The third kappa shape index (κ3) is 5.15. The Kier molecular flexibility index (Phi) is 6.00. The summed E-state index contributed by atoms with van der Waals surface area (Å²) in [5.41, 5.74) is 2.01. The maximum atomic E-state index is 13.0. The number of carbonyl (C=O) groups excluding carboxylic acids is 2. The normalized spacial score (nSPS) is 16.5. The van der Waals surface area contributed by atoms with Crippen LogP contribution in [0, 0.1) is 11.7 Å². The van der Waals surface area contributed by atoms with Gasteiger partial charge in [0.25, 0.3) is 0 Å². The number of carbonyl (C=O) groups is 2. The van der Waals surface area contributed by atoms with Crippen molar-refractivity contribution in [3.63, 3.8) is 0 Å². The molecule has 0 aromatic heterocycles. The van der Waals surface area contributed by atoms with Crippen molar-refractivity contribution in [3.05, 3.63) is 71.5 Å². The van der Waals surface area contributed by atoms with Crippen LogP contribution in [0.4, 0.5) is 4.39 Å². The number of hydrogen-bond acceptors (Lipinski definition) is 2. The minimum atomic E-state index is -0.233. The summed E-state index contributed by atoms with van der Waals surface area (Å²) in [4.78, 5) is 26.1. The van der Waals surface area contributed by atoms with Crippen molar-refractivity contribution in [3.8, 4) is 0 Å². The Morgan fingerprint density at radius 1 is 1.04 bits per heavy atom. The highest BCUT2D eigenvalue weighted by atomic mass is 19.1. The van der Waals surface area contributed by atoms with Gasteiger partial charge in [0.15, 0.2) is 0 Å². The molecular formula is C21H23FN2O2. The molecule has 0 aliphatic carbocycles. The van der Waals surface area contributed by atoms with E-state index in [1.807, 2.05) is 30.3 Å². The van der Waals surface area contributed by atoms with E-state index in [0.29, 0.717) is 19.0 Å². The number of likely N-dealkylation sites (tertiary alicyclic amines) is 1. The lowest BCUT2D eigenvalue weighted by Crippen LogP contribution is -2.39. The van der Waals surface area contributed by atoms with Crippen LogP contribution in [0.3, 0.4) is 0 Å². The predicted molar refractivity (Wildman–Crippen MR) is 97.9 cm³/mol. The van der Waals surface area contributed by atoms with E-state index >= 15 is 0 Å². The van der Waals surface area contributed by atoms with Crippen LogP contribution in [-0.4, -0.2) is 36.3 Å². The summed E-state index contributed by atoms with van der Waals surface area (Å²) in [6.45, 7) is 1.43. The van der Waals surface area contributed by atoms with E-state index in [1.165, 1.54) is 12.1 Å². The van der Waals surface area contributed by atoms with Crippen LogP contribution in [0.15, 0.2) is 54.6 Å². The number of nitrogens with zero attached hydrogens (tertiary/aromatic N) is 1. The topological polar surface area (TPSA) is 49.4 Å². The summed E-state index contributed by atoms with van der Waals surface area (Å²) >= 11 is 0. The SMILES string of the molecule is O=C(Cc1ccccc1)NCC(=O)N1CCC(Cc2ccc(F)cc2)C1. The molecular weight excluding hydrogens is 331 g/mol. The lowest BCUT2D eigenvalue weighted by atomic mass is 9.99. The second kappa shape index (κ2) is 8.61. The molecule has 1 aliphatic heterocycles. The zero-order valence-corrected chi connectivity index (χ0v) is 14.7. The average molecular weight is 354 g/mol. The Bertz CT molecular complexity index is 746. The standard InChI is InChI=1S/C21H23FN2O2/c22-19-8-6-17(7-9-19)12-18-10-11-24(15-18)21(26)14-23-20(25)13-16-4-2-1-3-5-16/h1-9,18H,10-15H2,(H,23,25). The van der Waals surface area contributed by atoms with E-state index in [1.54, 1.807) is 17.0 Å². The summed E-state index contributed by atoms with van der Waals surface area (Å²) in [5.74, 6) is -0.0488. The van der Waals surface area contributed by atoms with Gasteiger partial charge in [-0.1, -0.05) is 42.5 Å². The third-order valence-electron chi connectivity index (χ3n) is 4.72. The van der Waals surface area contributed by atoms with E-state index in [-0.39, 0.29) is 30.6 Å². The Labute approximate surface area is 153 Å². The minimum absolute atomic E-state index is 0.0366. The Morgan fingerprint density at radius 2 is 1.77 bits per heavy atom. The quantitative estimate of drug-likeness (QED) is 0.867. The maximum Gasteiger partial charge on any atom is 0.241 e. The predicted octanol–water partition coefficient (Wildman–Crippen LogP) is 2.58. The van der Waals surface area contributed by atoms with Gasteiger partial charge in [-0.05, 0) is 42.0 Å². The number of hydrogen-bond donors (Lipinski definition) is 1. The molecule has 4 nitrogen and oxygen atoms in total. The van der Waals surface area contributed by atoms with Gasteiger partial charge in [0.2, 0.25) is 11.8 Å². The molecule has 1 aliphatic rings. The smallest absolute Gasteiger partial charge is 0.241 e. The number of benzene rings is 2. The number of amides is 2. The molecule has 1 N–H and O–H groups in total. The highest BCUT2D eigenvalue weighted by Crippen LogP contribution is 2.21. The largest absolute Gasteiger partial charge is 0.347 e. The van der Waals surface area contributed by atoms with Crippen LogP contribution >= 0.6 is 0 Å². The fourth-order valence-corrected chi connectivity index (χ4v) is 3.31. The van der Waals surface area contributed by atoms with E-state index in [0.717, 1.165) is 24.0 Å². The van der Waals surface area contributed by atoms with Crippen LogP contribution in [0.5, 0.6) is 0 Å². The van der Waals surface area contributed by atoms with Crippen molar-refractivity contribution in [2.24, 2.45) is 5.92 Å². The van der Waals surface area contributed by atoms with Crippen LogP contribution in [0.25, 0.3) is 0 Å². The Hall–Kier alpha value is -2.69. The minimum Gasteiger partial charge on any atom is -0.347 e. The summed E-state index contributed by atoms with van der Waals surface area (Å²) in [5, 5.41) is 2.71. The summed E-state index contributed by atoms with van der Waals surface area (Å²) in [6.07, 6.45) is 2.05. The van der Waals surface area contributed by atoms with Crippen molar-refractivity contribution >= 4 is 11.8 Å². The first-order chi connectivity index (χ1) is 12.6. The first-order valence-electron chi connectivity index (χ1n) is 8.93. The molecule has 1 saturated heterocycles. The lowest BCUT2D eigenvalue weighted by molar-refractivity contribution is -0.132. The van der Waals surface area contributed by atoms with E-state index in [4.69, 9.17) is 0 Å². The van der Waals surface area contributed by atoms with Gasteiger partial charge < -0.3 is 10.2 Å². The molecule has 1 atom stereocenters. The molecule has 3 rings (SSSR count). The van der Waals surface area contributed by atoms with Crippen molar-refractivity contribution in [1.82, 2.24) is 10.2 Å². The van der Waals surface area contributed by atoms with E-state index < -0.39 is 0 Å². The zero-order valence-electron chi connectivity index (χ0n) is 14.7. The van der Waals surface area contributed by atoms with Gasteiger partial charge in [-0.25, -0.2) is 4.39 Å². The number of nitrogens with one attached hydrogen (secondary N) is 1. The average Bonchev–Trinajstić information content (AvgIpc) is 3.11. The molecule has 26 heavy (non-hydrogen) atoms. The molecule has 2 amide bonds. The van der Waals surface area contributed by atoms with Gasteiger partial charge in [0.05, 0.1) is 13.0 Å². The molecule has 1 fully saturated rings. The van der Waals surface area contributed by atoms with E-state index in [2.05, 4.69) is 5.32 Å². The van der Waals surface area contributed by atoms with E-state index in [9.17, 15) is 14.0 Å². The second-order valence-corrected chi connectivity index (χ2v) is 6.76. The first-order valence-corrected chi connectivity index (χ1v) is 8.93. The summed E-state index contributed by atoms with van der Waals surface area (Å²) < 4.78 is 13.0. The highest BCUT2D eigenvalue weighted by molar-refractivity contribution is 5.85. The molecule has 136 valence electrons. The number of rotatable bonds is 6. The summed E-state index contributed by atoms with van der Waals surface area (Å²) in [6, 6.07) is 16.0. The van der Waals surface area contributed by atoms with Gasteiger partial charge in [0, 0.05) is 13.1 Å². The van der Waals surface area contributed by atoms with Crippen molar-refractivity contribution in [1.29, 1.82) is 0 Å². The Morgan fingerprint density at radius 3 is 2.50 bits per heavy atom. The Balaban J connectivity index is 1.41. The molecule has 5 heteroatoms. The van der Waals surface area contributed by atoms with Gasteiger partial charge in [-0.3, -0.25) is 9.59 Å². The molecule has 0 radical (unpaired) electrons. The van der Waals surface area contributed by atoms with Crippen LogP contribution in [0.2, 0.25) is 0 Å². The monoisotopic (exact) mass is 354 g/mol. The lowest BCUT2D eigenvalue weighted by Gasteiger charge is -2.17. The maximum absolute atomic E-state index is 13.0. The molecule has 0 spiro atoms. The zero-order chi connectivity index (χ0) is 18.4. The van der Waals surface area contributed by atoms with Gasteiger partial charge in [0.1, 0.15) is 5.82 Å². The second-order valence-electron chi connectivity index (χ2n) is 6.76. The highest BCUT2D eigenvalue weighted by Gasteiger charge is 2.26. The van der Waals surface area contributed by atoms with Gasteiger partial charge >= 0.3 is 0 Å². The van der Waals surface area contributed by atoms with Gasteiger partial charge in [-0.15, -0.1) is 0 Å². The summed E-state index contributed by atoms with van der Waals surface area (Å²) in [7, 11) is 0. The van der Waals surface area contributed by atoms with Crippen molar-refractivity contribution in [2.45, 2.75) is 19.3 Å². The van der Waals surface area contributed by atoms with Gasteiger partial charge in [-0.2, -0.15) is 0 Å². The first kappa shape index (κ1) is 18.1. The fraction of sp³-hybridized carbons (Fsp3) is 0.333. The molecule has 1 heterocycles. The third-order valence-corrected chi connectivity index (χ3v) is 4.72. The molecule has 0 saturated carbocycles. The fourth-order valence-electron chi connectivity index (χ4n) is 3.31. The number of halogens is 1. The molecule has 2 aromatic carbocycles. The van der Waals surface area contributed by atoms with Crippen molar-refractivity contribution < 1.29 is 14.0 Å². The molecule has 2 aromatic rings. The van der Waals surface area contributed by atoms with Crippen LogP contribution in [0.1, 0.15) is 17.5 Å². The van der Waals surface area contributed by atoms with Crippen LogP contribution < -0.4 is 5.32 Å².